The van der Waals surface area contributed by atoms with E-state index in [4.69, 9.17) is 0 Å². The highest BCUT2D eigenvalue weighted by Gasteiger charge is 2.35. The first kappa shape index (κ1) is 11.7. The van der Waals surface area contributed by atoms with Gasteiger partial charge in [-0.05, 0) is 32.0 Å². The standard InChI is InChI=1S/C14H18FN3/c1-2-18-12-6-4-3-5-11(12)17-13(18)9-14(15)7-8-16-10-14/h3-6,16H,2,7-10H2,1H3. The third-order valence-corrected chi connectivity index (χ3v) is 3.72. The Kier molecular flexibility index (Phi) is 2.82. The lowest BCUT2D eigenvalue weighted by molar-refractivity contribution is 0.185. The van der Waals surface area contributed by atoms with E-state index < -0.39 is 5.67 Å². The van der Waals surface area contributed by atoms with Crippen molar-refractivity contribution in [3.63, 3.8) is 0 Å². The predicted octanol–water partition coefficient (Wildman–Crippen LogP) is 2.30. The summed E-state index contributed by atoms with van der Waals surface area (Å²) in [5.74, 6) is 0.866. The number of benzene rings is 1. The molecule has 18 heavy (non-hydrogen) atoms. The summed E-state index contributed by atoms with van der Waals surface area (Å²) in [4.78, 5) is 4.59. The van der Waals surface area contributed by atoms with Crippen molar-refractivity contribution < 1.29 is 4.39 Å². The lowest BCUT2D eigenvalue weighted by atomic mass is 10.0. The zero-order valence-electron chi connectivity index (χ0n) is 10.6. The number of alkyl halides is 1. The van der Waals surface area contributed by atoms with E-state index in [1.165, 1.54) is 0 Å². The molecule has 1 aliphatic heterocycles. The summed E-state index contributed by atoms with van der Waals surface area (Å²) in [6, 6.07) is 8.01. The maximum atomic E-state index is 14.5. The summed E-state index contributed by atoms with van der Waals surface area (Å²) in [5, 5.41) is 3.09. The summed E-state index contributed by atoms with van der Waals surface area (Å²) in [7, 11) is 0. The maximum absolute atomic E-state index is 14.5. The molecular weight excluding hydrogens is 229 g/mol. The molecule has 2 aromatic rings. The fourth-order valence-corrected chi connectivity index (χ4v) is 2.76. The molecule has 1 aliphatic rings. The highest BCUT2D eigenvalue weighted by molar-refractivity contribution is 5.75. The number of para-hydroxylation sites is 2. The van der Waals surface area contributed by atoms with Gasteiger partial charge in [-0.3, -0.25) is 0 Å². The van der Waals surface area contributed by atoms with Crippen LogP contribution in [0.25, 0.3) is 11.0 Å². The van der Waals surface area contributed by atoms with Gasteiger partial charge in [0, 0.05) is 19.5 Å². The minimum atomic E-state index is -1.13. The highest BCUT2D eigenvalue weighted by atomic mass is 19.1. The molecule has 0 spiro atoms. The molecule has 0 bridgehead atoms. The third kappa shape index (κ3) is 1.90. The van der Waals surface area contributed by atoms with Crippen molar-refractivity contribution >= 4 is 11.0 Å². The number of rotatable bonds is 3. The molecule has 3 rings (SSSR count). The molecule has 0 radical (unpaired) electrons. The SMILES string of the molecule is CCn1c(CC2(F)CCNC2)nc2ccccc21. The average molecular weight is 247 g/mol. The normalized spacial score (nSPS) is 23.9. The predicted molar refractivity (Wildman–Crippen MR) is 70.4 cm³/mol. The van der Waals surface area contributed by atoms with Crippen LogP contribution in [-0.4, -0.2) is 28.3 Å². The number of imidazole rings is 1. The van der Waals surface area contributed by atoms with E-state index in [0.717, 1.165) is 29.9 Å². The van der Waals surface area contributed by atoms with Gasteiger partial charge in [-0.1, -0.05) is 12.1 Å². The molecule has 0 saturated carbocycles. The summed E-state index contributed by atoms with van der Waals surface area (Å²) < 4.78 is 16.6. The summed E-state index contributed by atoms with van der Waals surface area (Å²) in [6.07, 6.45) is 0.989. The zero-order chi connectivity index (χ0) is 12.6. The van der Waals surface area contributed by atoms with Crippen LogP contribution in [0.1, 0.15) is 19.2 Å². The Balaban J connectivity index is 2.00. The smallest absolute Gasteiger partial charge is 0.131 e. The molecule has 0 amide bonds. The summed E-state index contributed by atoms with van der Waals surface area (Å²) >= 11 is 0. The van der Waals surface area contributed by atoms with Crippen molar-refractivity contribution in [3.8, 4) is 0 Å². The highest BCUT2D eigenvalue weighted by Crippen LogP contribution is 2.26. The van der Waals surface area contributed by atoms with Gasteiger partial charge in [0.15, 0.2) is 0 Å². The van der Waals surface area contributed by atoms with Crippen LogP contribution < -0.4 is 5.32 Å². The number of halogens is 1. The van der Waals surface area contributed by atoms with Crippen molar-refractivity contribution in [3.05, 3.63) is 30.1 Å². The first-order valence-corrected chi connectivity index (χ1v) is 6.56. The van der Waals surface area contributed by atoms with Gasteiger partial charge in [-0.2, -0.15) is 0 Å². The molecule has 1 aromatic carbocycles. The van der Waals surface area contributed by atoms with Gasteiger partial charge in [-0.25, -0.2) is 9.37 Å². The number of aryl methyl sites for hydroxylation is 1. The van der Waals surface area contributed by atoms with Crippen LogP contribution >= 0.6 is 0 Å². The van der Waals surface area contributed by atoms with Crippen LogP contribution in [-0.2, 0) is 13.0 Å². The van der Waals surface area contributed by atoms with E-state index in [1.54, 1.807) is 0 Å². The van der Waals surface area contributed by atoms with Crippen molar-refractivity contribution in [2.75, 3.05) is 13.1 Å². The molecule has 1 saturated heterocycles. The number of fused-ring (bicyclic) bond motifs is 1. The van der Waals surface area contributed by atoms with Crippen molar-refractivity contribution in [1.82, 2.24) is 14.9 Å². The molecule has 96 valence electrons. The van der Waals surface area contributed by atoms with E-state index in [1.807, 2.05) is 24.3 Å². The lowest BCUT2D eigenvalue weighted by Crippen LogP contribution is -2.30. The fraction of sp³-hybridized carbons (Fsp3) is 0.500. The van der Waals surface area contributed by atoms with Gasteiger partial charge in [0.2, 0.25) is 0 Å². The van der Waals surface area contributed by atoms with E-state index in [9.17, 15) is 4.39 Å². The lowest BCUT2D eigenvalue weighted by Gasteiger charge is -2.18. The Morgan fingerprint density at radius 2 is 2.28 bits per heavy atom. The van der Waals surface area contributed by atoms with Crippen molar-refractivity contribution in [2.45, 2.75) is 32.0 Å². The Morgan fingerprint density at radius 1 is 1.44 bits per heavy atom. The van der Waals surface area contributed by atoms with E-state index in [2.05, 4.69) is 21.8 Å². The first-order chi connectivity index (χ1) is 8.72. The molecule has 1 fully saturated rings. The first-order valence-electron chi connectivity index (χ1n) is 6.56. The number of hydrogen-bond acceptors (Lipinski definition) is 2. The van der Waals surface area contributed by atoms with Gasteiger partial charge in [-0.15, -0.1) is 0 Å². The minimum absolute atomic E-state index is 0.405. The number of hydrogen-bond donors (Lipinski definition) is 1. The van der Waals surface area contributed by atoms with Crippen molar-refractivity contribution in [2.24, 2.45) is 0 Å². The monoisotopic (exact) mass is 247 g/mol. The average Bonchev–Trinajstić information content (AvgIpc) is 2.92. The fourth-order valence-electron chi connectivity index (χ4n) is 2.76. The van der Waals surface area contributed by atoms with Crippen LogP contribution in [0.5, 0.6) is 0 Å². The van der Waals surface area contributed by atoms with Gasteiger partial charge in [0.1, 0.15) is 11.5 Å². The second kappa shape index (κ2) is 4.35. The van der Waals surface area contributed by atoms with Crippen molar-refractivity contribution in [1.29, 1.82) is 0 Å². The molecule has 0 aliphatic carbocycles. The Labute approximate surface area is 106 Å². The van der Waals surface area contributed by atoms with E-state index >= 15 is 0 Å². The molecule has 3 nitrogen and oxygen atoms in total. The Hall–Kier alpha value is -1.42. The largest absolute Gasteiger partial charge is 0.328 e. The molecule has 1 N–H and O–H groups in total. The summed E-state index contributed by atoms with van der Waals surface area (Å²) in [5.41, 5.74) is 0.933. The van der Waals surface area contributed by atoms with Crippen LogP contribution in [0.3, 0.4) is 0 Å². The van der Waals surface area contributed by atoms with E-state index in [0.29, 0.717) is 19.4 Å². The Bertz CT molecular complexity index is 555. The second-order valence-corrected chi connectivity index (χ2v) is 5.02. The quantitative estimate of drug-likeness (QED) is 0.902. The molecule has 4 heteroatoms. The molecule has 1 atom stereocenters. The second-order valence-electron chi connectivity index (χ2n) is 5.02. The van der Waals surface area contributed by atoms with Gasteiger partial charge in [0.25, 0.3) is 0 Å². The number of nitrogens with zero attached hydrogens (tertiary/aromatic N) is 2. The number of aromatic nitrogens is 2. The van der Waals surface area contributed by atoms with Crippen LogP contribution in [0.2, 0.25) is 0 Å². The molecule has 1 aromatic heterocycles. The minimum Gasteiger partial charge on any atom is -0.328 e. The van der Waals surface area contributed by atoms with E-state index in [-0.39, 0.29) is 0 Å². The topological polar surface area (TPSA) is 29.9 Å². The van der Waals surface area contributed by atoms with Gasteiger partial charge >= 0.3 is 0 Å². The van der Waals surface area contributed by atoms with Crippen LogP contribution in [0, 0.1) is 0 Å². The molecule has 1 unspecified atom stereocenters. The zero-order valence-corrected chi connectivity index (χ0v) is 10.6. The maximum Gasteiger partial charge on any atom is 0.131 e. The third-order valence-electron chi connectivity index (χ3n) is 3.72. The van der Waals surface area contributed by atoms with Gasteiger partial charge < -0.3 is 9.88 Å². The Morgan fingerprint density at radius 3 is 3.00 bits per heavy atom. The van der Waals surface area contributed by atoms with Gasteiger partial charge in [0.05, 0.1) is 11.0 Å². The molecular formula is C14H18FN3. The summed E-state index contributed by atoms with van der Waals surface area (Å²) in [6.45, 7) is 4.12. The molecule has 2 heterocycles. The number of nitrogens with one attached hydrogen (secondary N) is 1. The van der Waals surface area contributed by atoms with Crippen LogP contribution in [0.4, 0.5) is 4.39 Å². The van der Waals surface area contributed by atoms with Crippen LogP contribution in [0.15, 0.2) is 24.3 Å².